The third-order valence-electron chi connectivity index (χ3n) is 2.46. The number of benzene rings is 1. The van der Waals surface area contributed by atoms with Crippen molar-refractivity contribution in [3.8, 4) is 0 Å². The number of carbonyl (C=O) groups is 1. The number of esters is 1. The molecule has 0 spiro atoms. The maximum absolute atomic E-state index is 13.2. The van der Waals surface area contributed by atoms with Gasteiger partial charge in [0.1, 0.15) is 11.6 Å². The SMILES string of the molecule is C/C=C(\OCC)c1ccc(F)cc1CC(=O)OC. The highest BCUT2D eigenvalue weighted by Gasteiger charge is 2.13. The van der Waals surface area contributed by atoms with Crippen LogP contribution in [-0.4, -0.2) is 19.7 Å². The van der Waals surface area contributed by atoms with Gasteiger partial charge in [0.2, 0.25) is 0 Å². The van der Waals surface area contributed by atoms with Crippen molar-refractivity contribution in [2.24, 2.45) is 0 Å². The number of allylic oxidation sites excluding steroid dienone is 1. The van der Waals surface area contributed by atoms with Crippen LogP contribution in [0.25, 0.3) is 5.76 Å². The Morgan fingerprint density at radius 3 is 2.72 bits per heavy atom. The molecule has 0 bridgehead atoms. The van der Waals surface area contributed by atoms with Crippen LogP contribution >= 0.6 is 0 Å². The lowest BCUT2D eigenvalue weighted by Gasteiger charge is -2.13. The molecule has 0 aliphatic carbocycles. The molecule has 0 aliphatic heterocycles. The maximum Gasteiger partial charge on any atom is 0.310 e. The van der Waals surface area contributed by atoms with E-state index < -0.39 is 5.97 Å². The average Bonchev–Trinajstić information content (AvgIpc) is 2.36. The van der Waals surface area contributed by atoms with Crippen LogP contribution in [0.15, 0.2) is 24.3 Å². The van der Waals surface area contributed by atoms with E-state index in [0.29, 0.717) is 23.5 Å². The van der Waals surface area contributed by atoms with Gasteiger partial charge in [-0.2, -0.15) is 0 Å². The molecule has 1 aromatic rings. The van der Waals surface area contributed by atoms with Gasteiger partial charge in [-0.15, -0.1) is 0 Å². The summed E-state index contributed by atoms with van der Waals surface area (Å²) < 4.78 is 23.3. The number of hydrogen-bond donors (Lipinski definition) is 0. The third kappa shape index (κ3) is 3.58. The Kier molecular flexibility index (Phi) is 5.36. The van der Waals surface area contributed by atoms with E-state index in [1.807, 2.05) is 13.8 Å². The minimum atomic E-state index is -0.409. The van der Waals surface area contributed by atoms with Crippen LogP contribution in [0.3, 0.4) is 0 Å². The molecule has 0 aromatic heterocycles. The first-order chi connectivity index (χ1) is 8.62. The molecule has 0 N–H and O–H groups in total. The van der Waals surface area contributed by atoms with Crippen molar-refractivity contribution in [3.63, 3.8) is 0 Å². The largest absolute Gasteiger partial charge is 0.494 e. The second kappa shape index (κ2) is 6.79. The average molecular weight is 252 g/mol. The molecule has 18 heavy (non-hydrogen) atoms. The first kappa shape index (κ1) is 14.2. The van der Waals surface area contributed by atoms with Gasteiger partial charge < -0.3 is 9.47 Å². The zero-order chi connectivity index (χ0) is 13.5. The van der Waals surface area contributed by atoms with E-state index in [4.69, 9.17) is 4.74 Å². The molecular formula is C14H17FO3. The highest BCUT2D eigenvalue weighted by Crippen LogP contribution is 2.22. The Hall–Kier alpha value is -1.84. The van der Waals surface area contributed by atoms with E-state index in [9.17, 15) is 9.18 Å². The molecule has 0 heterocycles. The van der Waals surface area contributed by atoms with Gasteiger partial charge >= 0.3 is 5.97 Å². The first-order valence-electron chi connectivity index (χ1n) is 5.77. The second-order valence-corrected chi connectivity index (χ2v) is 3.64. The number of hydrogen-bond acceptors (Lipinski definition) is 3. The Balaban J connectivity index is 3.13. The van der Waals surface area contributed by atoms with E-state index >= 15 is 0 Å². The molecule has 4 heteroatoms. The van der Waals surface area contributed by atoms with E-state index in [0.717, 1.165) is 0 Å². The Morgan fingerprint density at radius 1 is 1.44 bits per heavy atom. The van der Waals surface area contributed by atoms with E-state index in [1.165, 1.54) is 19.2 Å². The predicted molar refractivity (Wildman–Crippen MR) is 67.4 cm³/mol. The van der Waals surface area contributed by atoms with Crippen molar-refractivity contribution in [2.45, 2.75) is 20.3 Å². The summed E-state index contributed by atoms with van der Waals surface area (Å²) in [5.41, 5.74) is 1.27. The molecule has 0 saturated carbocycles. The summed E-state index contributed by atoms with van der Waals surface area (Å²) in [6.45, 7) is 4.21. The summed E-state index contributed by atoms with van der Waals surface area (Å²) in [6, 6.07) is 4.28. The highest BCUT2D eigenvalue weighted by molar-refractivity contribution is 5.75. The number of ether oxygens (including phenoxy) is 2. The lowest BCUT2D eigenvalue weighted by atomic mass is 10.0. The number of methoxy groups -OCH3 is 1. The fraction of sp³-hybridized carbons (Fsp3) is 0.357. The van der Waals surface area contributed by atoms with Crippen LogP contribution in [-0.2, 0) is 20.7 Å². The number of halogens is 1. The Bertz CT molecular complexity index is 452. The first-order valence-corrected chi connectivity index (χ1v) is 5.77. The van der Waals surface area contributed by atoms with Crippen molar-refractivity contribution in [2.75, 3.05) is 13.7 Å². The van der Waals surface area contributed by atoms with Gasteiger partial charge in [0, 0.05) is 5.56 Å². The van der Waals surface area contributed by atoms with Crippen molar-refractivity contribution >= 4 is 11.7 Å². The lowest BCUT2D eigenvalue weighted by Crippen LogP contribution is -2.08. The van der Waals surface area contributed by atoms with Gasteiger partial charge in [-0.25, -0.2) is 4.39 Å². The van der Waals surface area contributed by atoms with E-state index in [-0.39, 0.29) is 12.2 Å². The van der Waals surface area contributed by atoms with Gasteiger partial charge in [-0.3, -0.25) is 4.79 Å². The fourth-order valence-electron chi connectivity index (χ4n) is 1.65. The molecule has 0 unspecified atom stereocenters. The van der Waals surface area contributed by atoms with Gasteiger partial charge in [0.15, 0.2) is 0 Å². The van der Waals surface area contributed by atoms with Gasteiger partial charge in [-0.1, -0.05) is 0 Å². The van der Waals surface area contributed by atoms with Crippen molar-refractivity contribution < 1.29 is 18.7 Å². The maximum atomic E-state index is 13.2. The van der Waals surface area contributed by atoms with Crippen LogP contribution in [0.5, 0.6) is 0 Å². The zero-order valence-corrected chi connectivity index (χ0v) is 10.8. The highest BCUT2D eigenvalue weighted by atomic mass is 19.1. The van der Waals surface area contributed by atoms with Crippen molar-refractivity contribution in [1.29, 1.82) is 0 Å². The van der Waals surface area contributed by atoms with Gasteiger partial charge in [0.05, 0.1) is 20.1 Å². The minimum Gasteiger partial charge on any atom is -0.494 e. The monoisotopic (exact) mass is 252 g/mol. The van der Waals surface area contributed by atoms with Crippen LogP contribution in [0.2, 0.25) is 0 Å². The summed E-state index contributed by atoms with van der Waals surface area (Å²) in [7, 11) is 1.31. The summed E-state index contributed by atoms with van der Waals surface area (Å²) >= 11 is 0. The predicted octanol–water partition coefficient (Wildman–Crippen LogP) is 2.94. The van der Waals surface area contributed by atoms with Crippen LogP contribution < -0.4 is 0 Å². The number of rotatable bonds is 5. The van der Waals surface area contributed by atoms with Gasteiger partial charge in [0.25, 0.3) is 0 Å². The molecule has 0 atom stereocenters. The smallest absolute Gasteiger partial charge is 0.310 e. The summed E-state index contributed by atoms with van der Waals surface area (Å²) in [5, 5.41) is 0. The number of carbonyl (C=O) groups excluding carboxylic acids is 1. The molecule has 3 nitrogen and oxygen atoms in total. The topological polar surface area (TPSA) is 35.5 Å². The summed E-state index contributed by atoms with van der Waals surface area (Å²) in [6.07, 6.45) is 1.81. The molecule has 0 amide bonds. The molecule has 1 rings (SSSR count). The summed E-state index contributed by atoms with van der Waals surface area (Å²) in [4.78, 5) is 11.3. The van der Waals surface area contributed by atoms with Crippen LogP contribution in [0.1, 0.15) is 25.0 Å². The van der Waals surface area contributed by atoms with Crippen LogP contribution in [0.4, 0.5) is 4.39 Å². The lowest BCUT2D eigenvalue weighted by molar-refractivity contribution is -0.139. The van der Waals surface area contributed by atoms with Gasteiger partial charge in [-0.05, 0) is 43.7 Å². The fourth-order valence-corrected chi connectivity index (χ4v) is 1.65. The standard InChI is InChI=1S/C14H17FO3/c1-4-13(18-5-2)12-7-6-11(15)8-10(12)9-14(16)17-3/h4,6-8H,5,9H2,1-3H3/b13-4-. The third-order valence-corrected chi connectivity index (χ3v) is 2.46. The normalized spacial score (nSPS) is 11.2. The van der Waals surface area contributed by atoms with Crippen molar-refractivity contribution in [3.05, 3.63) is 41.2 Å². The van der Waals surface area contributed by atoms with E-state index in [2.05, 4.69) is 4.74 Å². The van der Waals surface area contributed by atoms with Crippen molar-refractivity contribution in [1.82, 2.24) is 0 Å². The quantitative estimate of drug-likeness (QED) is 0.597. The second-order valence-electron chi connectivity index (χ2n) is 3.64. The molecule has 98 valence electrons. The molecule has 0 fully saturated rings. The van der Waals surface area contributed by atoms with E-state index in [1.54, 1.807) is 12.1 Å². The zero-order valence-electron chi connectivity index (χ0n) is 10.8. The molecular weight excluding hydrogens is 235 g/mol. The summed E-state index contributed by atoms with van der Waals surface area (Å²) in [5.74, 6) is -0.158. The molecule has 1 aromatic carbocycles. The Morgan fingerprint density at radius 2 is 2.17 bits per heavy atom. The Labute approximate surface area is 106 Å². The molecule has 0 saturated heterocycles. The minimum absolute atomic E-state index is 0.0218. The molecule has 0 aliphatic rings. The van der Waals surface area contributed by atoms with Crippen LogP contribution in [0, 0.1) is 5.82 Å². The molecule has 0 radical (unpaired) electrons.